The molecular formula is C27H27ClN4O5. The van der Waals surface area contributed by atoms with E-state index in [1.165, 1.54) is 0 Å². The van der Waals surface area contributed by atoms with Crippen molar-refractivity contribution in [1.29, 1.82) is 0 Å². The van der Waals surface area contributed by atoms with Crippen molar-refractivity contribution in [2.75, 3.05) is 14.2 Å². The minimum Gasteiger partial charge on any atom is -0.496 e. The molecule has 2 N–H and O–H groups in total. The number of halogens is 1. The van der Waals surface area contributed by atoms with Crippen molar-refractivity contribution >= 4 is 34.4 Å². The first-order valence-corrected chi connectivity index (χ1v) is 12.2. The summed E-state index contributed by atoms with van der Waals surface area (Å²) < 4.78 is 12.8. The molecule has 0 aliphatic carbocycles. The van der Waals surface area contributed by atoms with Gasteiger partial charge in [-0.3, -0.25) is 9.78 Å². The predicted octanol–water partition coefficient (Wildman–Crippen LogP) is 5.13. The van der Waals surface area contributed by atoms with Gasteiger partial charge in [-0.2, -0.15) is 5.10 Å². The fourth-order valence-electron chi connectivity index (χ4n) is 4.15. The van der Waals surface area contributed by atoms with Gasteiger partial charge in [0, 0.05) is 16.6 Å². The van der Waals surface area contributed by atoms with Crippen LogP contribution in [-0.4, -0.2) is 52.0 Å². The number of carboxylic acid groups (broad SMARTS) is 1. The van der Waals surface area contributed by atoms with E-state index >= 15 is 0 Å². The van der Waals surface area contributed by atoms with Crippen LogP contribution in [0, 0.1) is 0 Å². The summed E-state index contributed by atoms with van der Waals surface area (Å²) in [6.07, 6.45) is 3.43. The van der Waals surface area contributed by atoms with Crippen molar-refractivity contribution in [1.82, 2.24) is 20.1 Å². The van der Waals surface area contributed by atoms with Gasteiger partial charge in [0.25, 0.3) is 5.91 Å². The molecule has 0 saturated carbocycles. The second-order valence-corrected chi connectivity index (χ2v) is 8.80. The molecule has 10 heteroatoms. The summed E-state index contributed by atoms with van der Waals surface area (Å²) in [5.74, 6) is -0.663. The Morgan fingerprint density at radius 3 is 2.49 bits per heavy atom. The summed E-state index contributed by atoms with van der Waals surface area (Å²) in [6.45, 7) is 1.96. The molecule has 2 heterocycles. The molecule has 2 aromatic heterocycles. The van der Waals surface area contributed by atoms with Crippen LogP contribution in [0.1, 0.15) is 36.7 Å². The van der Waals surface area contributed by atoms with Crippen LogP contribution < -0.4 is 14.8 Å². The highest BCUT2D eigenvalue weighted by atomic mass is 35.5. The van der Waals surface area contributed by atoms with Gasteiger partial charge >= 0.3 is 5.97 Å². The summed E-state index contributed by atoms with van der Waals surface area (Å²) in [5, 5.41) is 18.1. The third-order valence-electron chi connectivity index (χ3n) is 5.99. The second-order valence-electron chi connectivity index (χ2n) is 8.36. The standard InChI is InChI=1S/C27H27ClN4O5/c1-4-5-7-18(27(34)35)30-26(33)20-15-22(25-23(36-2)8-6-9-24(25)37-3)32(31-20)21-12-13-29-19-14-16(28)10-11-17(19)21/h6,8-15,18H,4-5,7H2,1-3H3,(H,30,33)(H,34,35)/t18-/m0/s1. The number of aliphatic carboxylic acids is 1. The molecule has 4 rings (SSSR count). The molecule has 0 bridgehead atoms. The molecule has 0 spiro atoms. The molecule has 192 valence electrons. The number of aromatic nitrogens is 3. The van der Waals surface area contributed by atoms with Crippen molar-refractivity contribution in [3.05, 3.63) is 65.4 Å². The van der Waals surface area contributed by atoms with E-state index in [1.54, 1.807) is 67.6 Å². The summed E-state index contributed by atoms with van der Waals surface area (Å²) in [6, 6.07) is 13.0. The highest BCUT2D eigenvalue weighted by Crippen LogP contribution is 2.40. The minimum absolute atomic E-state index is 0.0460. The number of amides is 1. The van der Waals surface area contributed by atoms with Gasteiger partial charge in [-0.15, -0.1) is 0 Å². The quantitative estimate of drug-likeness (QED) is 0.296. The number of hydrogen-bond donors (Lipinski definition) is 2. The molecule has 0 saturated heterocycles. The lowest BCUT2D eigenvalue weighted by Crippen LogP contribution is -2.40. The summed E-state index contributed by atoms with van der Waals surface area (Å²) in [4.78, 5) is 29.4. The number of rotatable bonds is 10. The number of carbonyl (C=O) groups is 2. The Bertz CT molecular complexity index is 1430. The Kier molecular flexibility index (Phi) is 7.93. The van der Waals surface area contributed by atoms with Crippen LogP contribution in [0.3, 0.4) is 0 Å². The van der Waals surface area contributed by atoms with Crippen molar-refractivity contribution < 1.29 is 24.2 Å². The molecule has 4 aromatic rings. The van der Waals surface area contributed by atoms with Gasteiger partial charge in [-0.1, -0.05) is 37.4 Å². The highest BCUT2D eigenvalue weighted by Gasteiger charge is 2.26. The van der Waals surface area contributed by atoms with Crippen LogP contribution >= 0.6 is 11.6 Å². The van der Waals surface area contributed by atoms with Gasteiger partial charge in [-0.25, -0.2) is 9.48 Å². The average Bonchev–Trinajstić information content (AvgIpc) is 3.34. The molecule has 0 fully saturated rings. The smallest absolute Gasteiger partial charge is 0.326 e. The number of carboxylic acids is 1. The van der Waals surface area contributed by atoms with Crippen molar-refractivity contribution in [3.8, 4) is 28.4 Å². The average molecular weight is 523 g/mol. The third kappa shape index (κ3) is 5.36. The van der Waals surface area contributed by atoms with E-state index in [-0.39, 0.29) is 5.69 Å². The number of ether oxygens (including phenoxy) is 2. The van der Waals surface area contributed by atoms with Crippen molar-refractivity contribution in [3.63, 3.8) is 0 Å². The van der Waals surface area contributed by atoms with E-state index in [4.69, 9.17) is 21.1 Å². The maximum absolute atomic E-state index is 13.2. The number of pyridine rings is 1. The molecule has 0 aliphatic rings. The molecule has 9 nitrogen and oxygen atoms in total. The number of nitrogens with one attached hydrogen (secondary N) is 1. The summed E-state index contributed by atoms with van der Waals surface area (Å²) in [5.41, 5.74) is 2.44. The predicted molar refractivity (Wildman–Crippen MR) is 141 cm³/mol. The first-order valence-electron chi connectivity index (χ1n) is 11.8. The fourth-order valence-corrected chi connectivity index (χ4v) is 4.31. The lowest BCUT2D eigenvalue weighted by molar-refractivity contribution is -0.139. The maximum Gasteiger partial charge on any atom is 0.326 e. The second kappa shape index (κ2) is 11.3. The van der Waals surface area contributed by atoms with Crippen LogP contribution in [0.5, 0.6) is 11.5 Å². The Hall–Kier alpha value is -4.11. The Morgan fingerprint density at radius 2 is 1.84 bits per heavy atom. The maximum atomic E-state index is 13.2. The van der Waals surface area contributed by atoms with E-state index in [0.717, 1.165) is 11.8 Å². The molecule has 1 amide bonds. The Morgan fingerprint density at radius 1 is 1.11 bits per heavy atom. The molecule has 2 aromatic carbocycles. The van der Waals surface area contributed by atoms with Crippen LogP contribution in [0.15, 0.2) is 54.7 Å². The highest BCUT2D eigenvalue weighted by molar-refractivity contribution is 6.31. The van der Waals surface area contributed by atoms with Crippen LogP contribution in [0.25, 0.3) is 27.8 Å². The van der Waals surface area contributed by atoms with Gasteiger partial charge in [0.1, 0.15) is 17.5 Å². The topological polar surface area (TPSA) is 116 Å². The zero-order valence-electron chi connectivity index (χ0n) is 20.7. The molecule has 37 heavy (non-hydrogen) atoms. The minimum atomic E-state index is -1.09. The fraction of sp³-hybridized carbons (Fsp3) is 0.259. The zero-order chi connectivity index (χ0) is 26.5. The molecular weight excluding hydrogens is 496 g/mol. The van der Waals surface area contributed by atoms with Gasteiger partial charge in [0.2, 0.25) is 0 Å². The van der Waals surface area contributed by atoms with E-state index < -0.39 is 17.9 Å². The Balaban J connectivity index is 1.91. The molecule has 0 aliphatic heterocycles. The van der Waals surface area contributed by atoms with Gasteiger partial charge < -0.3 is 19.9 Å². The van der Waals surface area contributed by atoms with E-state index in [9.17, 15) is 14.7 Å². The number of nitrogens with zero attached hydrogens (tertiary/aromatic N) is 3. The lowest BCUT2D eigenvalue weighted by atomic mass is 10.1. The Labute approximate surface area is 219 Å². The molecule has 0 radical (unpaired) electrons. The number of benzene rings is 2. The monoisotopic (exact) mass is 522 g/mol. The first-order chi connectivity index (χ1) is 17.9. The van der Waals surface area contributed by atoms with Gasteiger partial charge in [-0.05, 0) is 48.9 Å². The van der Waals surface area contributed by atoms with Crippen molar-refractivity contribution in [2.45, 2.75) is 32.2 Å². The van der Waals surface area contributed by atoms with Crippen LogP contribution in [0.2, 0.25) is 5.02 Å². The first kappa shape index (κ1) is 26.0. The lowest BCUT2D eigenvalue weighted by Gasteiger charge is -2.15. The number of fused-ring (bicyclic) bond motifs is 1. The number of carbonyl (C=O) groups excluding carboxylic acids is 1. The number of methoxy groups -OCH3 is 2. The largest absolute Gasteiger partial charge is 0.496 e. The van der Waals surface area contributed by atoms with Gasteiger partial charge in [0.15, 0.2) is 5.69 Å². The third-order valence-corrected chi connectivity index (χ3v) is 6.22. The van der Waals surface area contributed by atoms with Crippen LogP contribution in [0.4, 0.5) is 0 Å². The molecule has 0 unspecified atom stereocenters. The van der Waals surface area contributed by atoms with Gasteiger partial charge in [0.05, 0.1) is 36.7 Å². The summed E-state index contributed by atoms with van der Waals surface area (Å²) >= 11 is 6.18. The zero-order valence-corrected chi connectivity index (χ0v) is 21.5. The number of hydrogen-bond acceptors (Lipinski definition) is 6. The van der Waals surface area contributed by atoms with E-state index in [2.05, 4.69) is 15.4 Å². The number of unbranched alkanes of at least 4 members (excludes halogenated alkanes) is 1. The SMILES string of the molecule is CCCC[C@H](NC(=O)c1cc(-c2c(OC)cccc2OC)n(-c2ccnc3cc(Cl)ccc23)n1)C(=O)O. The van der Waals surface area contributed by atoms with E-state index in [0.29, 0.717) is 51.8 Å². The van der Waals surface area contributed by atoms with E-state index in [1.807, 2.05) is 13.0 Å². The molecule has 1 atom stereocenters. The normalized spacial score (nSPS) is 11.8. The van der Waals surface area contributed by atoms with Crippen molar-refractivity contribution in [2.24, 2.45) is 0 Å². The van der Waals surface area contributed by atoms with Crippen LogP contribution in [-0.2, 0) is 4.79 Å². The summed E-state index contributed by atoms with van der Waals surface area (Å²) in [7, 11) is 3.09.